The van der Waals surface area contributed by atoms with Gasteiger partial charge in [0.1, 0.15) is 5.82 Å². The molecule has 0 amide bonds. The molecule has 0 saturated carbocycles. The predicted octanol–water partition coefficient (Wildman–Crippen LogP) is 5.49. The van der Waals surface area contributed by atoms with Crippen LogP contribution in [-0.2, 0) is 4.74 Å². The first-order valence-corrected chi connectivity index (χ1v) is 10.2. The number of halogens is 1. The Labute approximate surface area is 174 Å². The molecule has 0 aliphatic carbocycles. The Bertz CT molecular complexity index is 1230. The molecule has 5 nitrogen and oxygen atoms in total. The van der Waals surface area contributed by atoms with Gasteiger partial charge in [0.05, 0.1) is 11.9 Å². The second-order valence-electron chi connectivity index (χ2n) is 7.78. The van der Waals surface area contributed by atoms with E-state index in [0.29, 0.717) is 0 Å². The number of fused-ring (bicyclic) bond motifs is 1. The van der Waals surface area contributed by atoms with Crippen LogP contribution in [0.3, 0.4) is 0 Å². The number of nitrogens with zero attached hydrogens (tertiary/aromatic N) is 3. The lowest BCUT2D eigenvalue weighted by Gasteiger charge is -2.23. The van der Waals surface area contributed by atoms with Gasteiger partial charge < -0.3 is 10.5 Å². The van der Waals surface area contributed by atoms with E-state index < -0.39 is 0 Å². The number of nitrogen functional groups attached to an aromatic ring is 1. The molecule has 152 valence electrons. The van der Waals surface area contributed by atoms with Crippen molar-refractivity contribution in [1.82, 2.24) is 14.8 Å². The minimum atomic E-state index is -0.388. The Balaban J connectivity index is 1.59. The second-order valence-corrected chi connectivity index (χ2v) is 7.78. The normalized spacial score (nSPS) is 16.8. The smallest absolute Gasteiger partial charge is 0.161 e. The van der Waals surface area contributed by atoms with Crippen molar-refractivity contribution in [3.05, 3.63) is 66.2 Å². The van der Waals surface area contributed by atoms with E-state index in [2.05, 4.69) is 22.2 Å². The average molecular weight is 402 g/mol. The SMILES string of the molecule is Cc1cc(F)c(N)cc1-c1cccc(-c2ccnc3c2cnn3C2CCCCO2)c1. The third-order valence-electron chi connectivity index (χ3n) is 5.75. The van der Waals surface area contributed by atoms with Crippen molar-refractivity contribution in [2.45, 2.75) is 32.4 Å². The molecule has 1 aliphatic rings. The summed E-state index contributed by atoms with van der Waals surface area (Å²) in [6.45, 7) is 2.65. The van der Waals surface area contributed by atoms with Crippen molar-refractivity contribution in [3.63, 3.8) is 0 Å². The molecule has 1 saturated heterocycles. The Hall–Kier alpha value is -3.25. The summed E-state index contributed by atoms with van der Waals surface area (Å²) >= 11 is 0. The van der Waals surface area contributed by atoms with Crippen LogP contribution >= 0.6 is 0 Å². The van der Waals surface area contributed by atoms with Crippen LogP contribution in [0.1, 0.15) is 31.1 Å². The van der Waals surface area contributed by atoms with Crippen LogP contribution in [-0.4, -0.2) is 21.4 Å². The Morgan fingerprint density at radius 1 is 1.10 bits per heavy atom. The fourth-order valence-electron chi connectivity index (χ4n) is 4.18. The van der Waals surface area contributed by atoms with Crippen LogP contribution in [0.4, 0.5) is 10.1 Å². The standard InChI is InChI=1S/C24H23FN4O/c1-15-11-21(25)22(26)13-19(15)17-6-4-5-16(12-17)18-8-9-27-24-20(18)14-28-29(24)23-7-2-3-10-30-23/h4-6,8-9,11-14,23H,2-3,7,10,26H2,1H3. The summed E-state index contributed by atoms with van der Waals surface area (Å²) < 4.78 is 21.6. The van der Waals surface area contributed by atoms with Gasteiger partial charge in [-0.1, -0.05) is 18.2 Å². The molecule has 0 bridgehead atoms. The van der Waals surface area contributed by atoms with Crippen molar-refractivity contribution in [2.75, 3.05) is 12.3 Å². The van der Waals surface area contributed by atoms with E-state index in [-0.39, 0.29) is 17.7 Å². The maximum Gasteiger partial charge on any atom is 0.161 e. The molecule has 0 radical (unpaired) electrons. The molecule has 2 aromatic carbocycles. The molecular weight excluding hydrogens is 379 g/mol. The van der Waals surface area contributed by atoms with Crippen LogP contribution in [0.15, 0.2) is 54.9 Å². The number of rotatable bonds is 3. The van der Waals surface area contributed by atoms with Gasteiger partial charge in [0.15, 0.2) is 11.9 Å². The predicted molar refractivity (Wildman–Crippen MR) is 116 cm³/mol. The number of anilines is 1. The fraction of sp³-hybridized carbons (Fsp3) is 0.250. The number of aromatic nitrogens is 3. The van der Waals surface area contributed by atoms with E-state index in [4.69, 9.17) is 10.5 Å². The molecule has 30 heavy (non-hydrogen) atoms. The molecule has 1 fully saturated rings. The molecule has 3 heterocycles. The van der Waals surface area contributed by atoms with Crippen LogP contribution in [0.5, 0.6) is 0 Å². The van der Waals surface area contributed by atoms with Crippen LogP contribution < -0.4 is 5.73 Å². The zero-order chi connectivity index (χ0) is 20.7. The molecular formula is C24H23FN4O. The lowest BCUT2D eigenvalue weighted by Crippen LogP contribution is -2.19. The summed E-state index contributed by atoms with van der Waals surface area (Å²) in [6, 6.07) is 13.4. The average Bonchev–Trinajstić information content (AvgIpc) is 3.21. The largest absolute Gasteiger partial charge is 0.396 e. The van der Waals surface area contributed by atoms with E-state index in [1.165, 1.54) is 6.07 Å². The number of ether oxygens (including phenoxy) is 1. The van der Waals surface area contributed by atoms with Gasteiger partial charge in [-0.2, -0.15) is 5.10 Å². The minimum absolute atomic E-state index is 0.0600. The summed E-state index contributed by atoms with van der Waals surface area (Å²) in [5, 5.41) is 5.58. The molecule has 2 N–H and O–H groups in total. The topological polar surface area (TPSA) is 66.0 Å². The van der Waals surface area contributed by atoms with E-state index in [1.54, 1.807) is 6.07 Å². The molecule has 0 spiro atoms. The molecule has 4 aromatic rings. The number of hydrogen-bond donors (Lipinski definition) is 1. The Kier molecular flexibility index (Phi) is 4.71. The van der Waals surface area contributed by atoms with E-state index in [0.717, 1.165) is 64.7 Å². The van der Waals surface area contributed by atoms with Gasteiger partial charge in [-0.05, 0) is 78.3 Å². The maximum absolute atomic E-state index is 13.8. The number of hydrogen-bond acceptors (Lipinski definition) is 4. The quantitative estimate of drug-likeness (QED) is 0.460. The van der Waals surface area contributed by atoms with Gasteiger partial charge in [0, 0.05) is 18.2 Å². The van der Waals surface area contributed by atoms with Crippen LogP contribution in [0, 0.1) is 12.7 Å². The zero-order valence-electron chi connectivity index (χ0n) is 16.8. The van der Waals surface area contributed by atoms with Crippen LogP contribution in [0.2, 0.25) is 0 Å². The number of nitrogens with two attached hydrogens (primary N) is 1. The first kappa shape index (κ1) is 18.8. The van der Waals surface area contributed by atoms with Crippen molar-refractivity contribution in [1.29, 1.82) is 0 Å². The minimum Gasteiger partial charge on any atom is -0.396 e. The monoisotopic (exact) mass is 402 g/mol. The highest BCUT2D eigenvalue weighted by molar-refractivity contribution is 5.93. The molecule has 5 rings (SSSR count). The van der Waals surface area contributed by atoms with Crippen molar-refractivity contribution < 1.29 is 9.13 Å². The molecule has 6 heteroatoms. The summed E-state index contributed by atoms with van der Waals surface area (Å²) in [7, 11) is 0. The van der Waals surface area contributed by atoms with Crippen molar-refractivity contribution >= 4 is 16.7 Å². The maximum atomic E-state index is 13.8. The highest BCUT2D eigenvalue weighted by atomic mass is 19.1. The summed E-state index contributed by atoms with van der Waals surface area (Å²) in [6.07, 6.45) is 6.79. The molecule has 1 aliphatic heterocycles. The van der Waals surface area contributed by atoms with E-state index >= 15 is 0 Å². The number of pyridine rings is 1. The van der Waals surface area contributed by atoms with E-state index in [9.17, 15) is 4.39 Å². The summed E-state index contributed by atoms with van der Waals surface area (Å²) in [5.41, 5.74) is 11.7. The summed E-state index contributed by atoms with van der Waals surface area (Å²) in [4.78, 5) is 4.58. The summed E-state index contributed by atoms with van der Waals surface area (Å²) in [5.74, 6) is -0.388. The van der Waals surface area contributed by atoms with Gasteiger partial charge in [-0.25, -0.2) is 14.1 Å². The van der Waals surface area contributed by atoms with Crippen molar-refractivity contribution in [3.8, 4) is 22.3 Å². The van der Waals surface area contributed by atoms with Gasteiger partial charge >= 0.3 is 0 Å². The number of benzene rings is 2. The highest BCUT2D eigenvalue weighted by Crippen LogP contribution is 2.34. The lowest BCUT2D eigenvalue weighted by atomic mass is 9.95. The Morgan fingerprint density at radius 3 is 2.73 bits per heavy atom. The molecule has 1 unspecified atom stereocenters. The first-order valence-electron chi connectivity index (χ1n) is 10.2. The van der Waals surface area contributed by atoms with Crippen molar-refractivity contribution in [2.24, 2.45) is 0 Å². The molecule has 1 atom stereocenters. The highest BCUT2D eigenvalue weighted by Gasteiger charge is 2.20. The van der Waals surface area contributed by atoms with Crippen LogP contribution in [0.25, 0.3) is 33.3 Å². The van der Waals surface area contributed by atoms with E-state index in [1.807, 2.05) is 42.2 Å². The third-order valence-corrected chi connectivity index (χ3v) is 5.75. The third kappa shape index (κ3) is 3.23. The van der Waals surface area contributed by atoms with Gasteiger partial charge in [0.2, 0.25) is 0 Å². The van der Waals surface area contributed by atoms with Gasteiger partial charge in [0.25, 0.3) is 0 Å². The second kappa shape index (κ2) is 7.54. The lowest BCUT2D eigenvalue weighted by molar-refractivity contribution is -0.0370. The molecule has 2 aromatic heterocycles. The van der Waals surface area contributed by atoms with Gasteiger partial charge in [-0.3, -0.25) is 0 Å². The zero-order valence-corrected chi connectivity index (χ0v) is 16.8. The number of aryl methyl sites for hydroxylation is 1. The van der Waals surface area contributed by atoms with Gasteiger partial charge in [-0.15, -0.1) is 0 Å². The fourth-order valence-corrected chi connectivity index (χ4v) is 4.18. The Morgan fingerprint density at radius 2 is 1.93 bits per heavy atom. The first-order chi connectivity index (χ1) is 14.6.